The molecule has 0 saturated carbocycles. The molecule has 0 atom stereocenters. The fourth-order valence-corrected chi connectivity index (χ4v) is 4.52. The standard InChI is InChI=1S/C21H17ClF3N5O3S/c22-18-11-17(34(31,32)12-15-3-1-2-6-28-15)4-5-19(18)33-16-8-13(9-20(26)29-30-27)7-14(10-16)21(23,24)25/h1-8,10-11H,9,12H2,(H3,26,27,29). The van der Waals surface area contributed by atoms with Gasteiger partial charge in [-0.25, -0.2) is 8.42 Å². The third-order valence-electron chi connectivity index (χ3n) is 4.41. The molecule has 8 nitrogen and oxygen atoms in total. The summed E-state index contributed by atoms with van der Waals surface area (Å²) in [6.45, 7) is 0. The van der Waals surface area contributed by atoms with Gasteiger partial charge in [-0.1, -0.05) is 22.9 Å². The second kappa shape index (κ2) is 10.2. The topological polar surface area (TPSA) is 131 Å². The van der Waals surface area contributed by atoms with Crippen LogP contribution in [0.25, 0.3) is 0 Å². The van der Waals surface area contributed by atoms with Crippen LogP contribution in [0, 0.1) is 5.53 Å². The highest BCUT2D eigenvalue weighted by Crippen LogP contribution is 2.36. The predicted molar refractivity (Wildman–Crippen MR) is 119 cm³/mol. The van der Waals surface area contributed by atoms with E-state index in [2.05, 4.69) is 15.3 Å². The number of pyridine rings is 1. The van der Waals surface area contributed by atoms with Crippen molar-refractivity contribution in [3.63, 3.8) is 0 Å². The molecule has 0 fully saturated rings. The van der Waals surface area contributed by atoms with E-state index in [1.165, 1.54) is 24.4 Å². The van der Waals surface area contributed by atoms with E-state index in [4.69, 9.17) is 27.6 Å². The summed E-state index contributed by atoms with van der Waals surface area (Å²) in [5.41, 5.74) is 11.7. The first-order chi connectivity index (χ1) is 16.0. The van der Waals surface area contributed by atoms with Crippen LogP contribution in [0.5, 0.6) is 11.5 Å². The van der Waals surface area contributed by atoms with Gasteiger partial charge in [0.05, 0.1) is 26.9 Å². The molecule has 0 aliphatic carbocycles. The van der Waals surface area contributed by atoms with E-state index in [1.807, 2.05) is 0 Å². The molecular formula is C21H17ClF3N5O3S. The number of hydrogen-bond donors (Lipinski definition) is 2. The van der Waals surface area contributed by atoms with Crippen LogP contribution < -0.4 is 10.5 Å². The zero-order valence-electron chi connectivity index (χ0n) is 17.3. The number of aromatic nitrogens is 1. The number of rotatable bonds is 8. The van der Waals surface area contributed by atoms with Crippen LogP contribution in [0.3, 0.4) is 0 Å². The number of hydrogen-bond acceptors (Lipinski definition) is 6. The molecule has 1 heterocycles. The number of nitrogens with zero attached hydrogens (tertiary/aromatic N) is 3. The third-order valence-corrected chi connectivity index (χ3v) is 6.35. The molecule has 3 rings (SSSR count). The van der Waals surface area contributed by atoms with Crippen LogP contribution in [-0.4, -0.2) is 19.2 Å². The maximum absolute atomic E-state index is 13.4. The Morgan fingerprint density at radius 1 is 1.15 bits per heavy atom. The molecule has 34 heavy (non-hydrogen) atoms. The van der Waals surface area contributed by atoms with Gasteiger partial charge in [0.2, 0.25) is 0 Å². The Hall–Kier alpha value is -3.51. The Morgan fingerprint density at radius 2 is 1.91 bits per heavy atom. The van der Waals surface area contributed by atoms with Crippen molar-refractivity contribution in [1.82, 2.24) is 4.98 Å². The maximum Gasteiger partial charge on any atom is 0.416 e. The van der Waals surface area contributed by atoms with E-state index < -0.39 is 21.6 Å². The number of benzene rings is 2. The molecule has 2 aromatic carbocycles. The van der Waals surface area contributed by atoms with Crippen LogP contribution >= 0.6 is 11.6 Å². The fourth-order valence-electron chi connectivity index (χ4n) is 2.94. The van der Waals surface area contributed by atoms with E-state index in [9.17, 15) is 21.6 Å². The van der Waals surface area contributed by atoms with E-state index in [-0.39, 0.29) is 45.0 Å². The normalized spacial score (nSPS) is 12.4. The molecule has 0 saturated heterocycles. The van der Waals surface area contributed by atoms with E-state index in [0.29, 0.717) is 5.69 Å². The minimum atomic E-state index is -4.67. The average molecular weight is 512 g/mol. The number of alkyl halides is 3. The third kappa shape index (κ3) is 6.51. The van der Waals surface area contributed by atoms with Gasteiger partial charge in [0.15, 0.2) is 9.84 Å². The zero-order chi connectivity index (χ0) is 24.9. The first-order valence-corrected chi connectivity index (χ1v) is 11.5. The van der Waals surface area contributed by atoms with Gasteiger partial charge in [0.25, 0.3) is 0 Å². The van der Waals surface area contributed by atoms with Gasteiger partial charge in [0, 0.05) is 12.6 Å². The van der Waals surface area contributed by atoms with Gasteiger partial charge >= 0.3 is 6.18 Å². The molecule has 0 radical (unpaired) electrons. The highest BCUT2D eigenvalue weighted by Gasteiger charge is 2.31. The summed E-state index contributed by atoms with van der Waals surface area (Å²) in [4.78, 5) is 3.90. The lowest BCUT2D eigenvalue weighted by Crippen LogP contribution is -2.15. The first-order valence-electron chi connectivity index (χ1n) is 9.48. The lowest BCUT2D eigenvalue weighted by Gasteiger charge is -2.14. The van der Waals surface area contributed by atoms with Gasteiger partial charge in [0.1, 0.15) is 17.3 Å². The monoisotopic (exact) mass is 511 g/mol. The highest BCUT2D eigenvalue weighted by molar-refractivity contribution is 7.90. The van der Waals surface area contributed by atoms with Crippen molar-refractivity contribution < 1.29 is 26.3 Å². The summed E-state index contributed by atoms with van der Waals surface area (Å²) in [6, 6.07) is 11.5. The molecule has 3 aromatic rings. The van der Waals surface area contributed by atoms with Gasteiger partial charge in [-0.3, -0.25) is 4.98 Å². The molecule has 13 heteroatoms. The van der Waals surface area contributed by atoms with E-state index >= 15 is 0 Å². The van der Waals surface area contributed by atoms with Crippen molar-refractivity contribution in [2.24, 2.45) is 16.1 Å². The largest absolute Gasteiger partial charge is 0.456 e. The van der Waals surface area contributed by atoms with Crippen molar-refractivity contribution in [2.45, 2.75) is 23.2 Å². The molecule has 0 bridgehead atoms. The van der Waals surface area contributed by atoms with Crippen molar-refractivity contribution in [3.8, 4) is 11.5 Å². The molecule has 0 spiro atoms. The highest BCUT2D eigenvalue weighted by atomic mass is 35.5. The Labute approximate surface area is 197 Å². The summed E-state index contributed by atoms with van der Waals surface area (Å²) >= 11 is 6.18. The lowest BCUT2D eigenvalue weighted by atomic mass is 10.1. The molecule has 3 N–H and O–H groups in total. The second-order valence-electron chi connectivity index (χ2n) is 7.01. The van der Waals surface area contributed by atoms with E-state index in [0.717, 1.165) is 18.2 Å². The van der Waals surface area contributed by atoms with Crippen LogP contribution in [0.15, 0.2) is 76.0 Å². The number of nitrogens with one attached hydrogen (secondary N) is 1. The molecule has 0 aliphatic rings. The van der Waals surface area contributed by atoms with Crippen molar-refractivity contribution >= 4 is 27.3 Å². The zero-order valence-corrected chi connectivity index (χ0v) is 18.8. The summed E-state index contributed by atoms with van der Waals surface area (Å²) in [6.07, 6.45) is -3.41. The van der Waals surface area contributed by atoms with Gasteiger partial charge in [-0.2, -0.15) is 18.7 Å². The number of ether oxygens (including phenoxy) is 1. The van der Waals surface area contributed by atoms with Crippen molar-refractivity contribution in [3.05, 3.63) is 82.6 Å². The quantitative estimate of drug-likeness (QED) is 0.182. The molecule has 1 aromatic heterocycles. The van der Waals surface area contributed by atoms with E-state index in [1.54, 1.807) is 18.2 Å². The second-order valence-corrected chi connectivity index (χ2v) is 9.40. The predicted octanol–water partition coefficient (Wildman–Crippen LogP) is 5.37. The number of nitrogens with two attached hydrogens (primary N) is 1. The van der Waals surface area contributed by atoms with Crippen LogP contribution in [0.4, 0.5) is 13.2 Å². The maximum atomic E-state index is 13.4. The van der Waals surface area contributed by atoms with Crippen LogP contribution in [0.1, 0.15) is 16.8 Å². The SMILES string of the molecule is N=N/N=C(\N)Cc1cc(Oc2ccc(S(=O)(=O)Cc3ccccn3)cc2Cl)cc(C(F)(F)F)c1. The minimum Gasteiger partial charge on any atom is -0.456 e. The lowest BCUT2D eigenvalue weighted by molar-refractivity contribution is -0.137. The Morgan fingerprint density at radius 3 is 2.53 bits per heavy atom. The van der Waals surface area contributed by atoms with Crippen LogP contribution in [-0.2, 0) is 28.2 Å². The first kappa shape index (κ1) is 25.1. The average Bonchev–Trinajstić information content (AvgIpc) is 2.75. The van der Waals surface area contributed by atoms with Gasteiger partial charge < -0.3 is 10.5 Å². The van der Waals surface area contributed by atoms with Gasteiger partial charge in [-0.05, 0) is 54.1 Å². The smallest absolute Gasteiger partial charge is 0.416 e. The number of sulfone groups is 1. The summed E-state index contributed by atoms with van der Waals surface area (Å²) in [7, 11) is -3.78. The minimum absolute atomic E-state index is 0.0495. The van der Waals surface area contributed by atoms with Crippen LogP contribution in [0.2, 0.25) is 5.02 Å². The fraction of sp³-hybridized carbons (Fsp3) is 0.143. The van der Waals surface area contributed by atoms with Crippen molar-refractivity contribution in [2.75, 3.05) is 0 Å². The molecule has 0 aliphatic heterocycles. The molecule has 0 unspecified atom stereocenters. The Bertz CT molecular complexity index is 1330. The van der Waals surface area contributed by atoms with Crippen molar-refractivity contribution in [1.29, 1.82) is 5.53 Å². The summed E-state index contributed by atoms with van der Waals surface area (Å²) in [5, 5.41) is 5.92. The molecular weight excluding hydrogens is 495 g/mol. The number of amidine groups is 1. The Balaban J connectivity index is 1.90. The summed E-state index contributed by atoms with van der Waals surface area (Å²) in [5.74, 6) is -0.770. The number of halogens is 4. The summed E-state index contributed by atoms with van der Waals surface area (Å²) < 4.78 is 70.9. The molecule has 178 valence electrons. The van der Waals surface area contributed by atoms with Gasteiger partial charge in [-0.15, -0.1) is 5.10 Å². The Kier molecular flexibility index (Phi) is 7.52. The molecule has 0 amide bonds.